The third-order valence-electron chi connectivity index (χ3n) is 2.19. The molecule has 0 amide bonds. The van der Waals surface area contributed by atoms with Gasteiger partial charge in [0.25, 0.3) is 0 Å². The number of nitrogens with one attached hydrogen (secondary N) is 1. The fourth-order valence-electron chi connectivity index (χ4n) is 1.45. The first kappa shape index (κ1) is 10.7. The third-order valence-corrected chi connectivity index (χ3v) is 2.49. The van der Waals surface area contributed by atoms with Gasteiger partial charge in [0.15, 0.2) is 0 Å². The Labute approximate surface area is 97.3 Å². The summed E-state index contributed by atoms with van der Waals surface area (Å²) in [5, 5.41) is 12.3. The lowest BCUT2D eigenvalue weighted by atomic mass is 10.1. The molecule has 0 bridgehead atoms. The molecule has 0 saturated carbocycles. The lowest BCUT2D eigenvalue weighted by Crippen LogP contribution is -2.18. The van der Waals surface area contributed by atoms with E-state index in [1.165, 1.54) is 6.20 Å². The van der Waals surface area contributed by atoms with Gasteiger partial charge in [0.1, 0.15) is 0 Å². The number of dihydropyridines is 1. The van der Waals surface area contributed by atoms with Crippen LogP contribution in [0.1, 0.15) is 5.69 Å². The number of carbonyl (C=O) groups is 1. The van der Waals surface area contributed by atoms with Crippen LogP contribution in [-0.4, -0.2) is 22.6 Å². The van der Waals surface area contributed by atoms with Crippen LogP contribution in [0.5, 0.6) is 0 Å². The minimum Gasteiger partial charge on any atom is -0.478 e. The van der Waals surface area contributed by atoms with Crippen LogP contribution >= 0.6 is 11.6 Å². The van der Waals surface area contributed by atoms with E-state index in [0.717, 1.165) is 5.57 Å². The first-order chi connectivity index (χ1) is 7.68. The van der Waals surface area contributed by atoms with E-state index in [-0.39, 0.29) is 5.57 Å². The van der Waals surface area contributed by atoms with Gasteiger partial charge in [0.05, 0.1) is 16.3 Å². The van der Waals surface area contributed by atoms with Gasteiger partial charge >= 0.3 is 5.97 Å². The molecule has 0 aromatic carbocycles. The van der Waals surface area contributed by atoms with Crippen molar-refractivity contribution in [2.45, 2.75) is 0 Å². The summed E-state index contributed by atoms with van der Waals surface area (Å²) < 4.78 is 0. The van der Waals surface area contributed by atoms with Gasteiger partial charge in [-0.15, -0.1) is 0 Å². The Balaban J connectivity index is 2.39. The van der Waals surface area contributed by atoms with Gasteiger partial charge in [-0.05, 0) is 23.8 Å². The number of carboxylic acids is 1. The van der Waals surface area contributed by atoms with Crippen molar-refractivity contribution in [1.82, 2.24) is 10.3 Å². The Hall–Kier alpha value is -1.81. The molecule has 5 heteroatoms. The Kier molecular flexibility index (Phi) is 2.92. The lowest BCUT2D eigenvalue weighted by molar-refractivity contribution is -0.132. The SMILES string of the molecule is O=C(O)C1=CNCC(c2ncccc2Cl)=C1. The molecule has 2 N–H and O–H groups in total. The predicted octanol–water partition coefficient (Wildman–Crippen LogP) is 1.69. The predicted molar refractivity (Wildman–Crippen MR) is 60.9 cm³/mol. The monoisotopic (exact) mass is 236 g/mol. The van der Waals surface area contributed by atoms with Crippen molar-refractivity contribution in [3.05, 3.63) is 46.9 Å². The molecule has 82 valence electrons. The number of rotatable bonds is 2. The Morgan fingerprint density at radius 2 is 2.38 bits per heavy atom. The van der Waals surface area contributed by atoms with Crippen molar-refractivity contribution in [2.75, 3.05) is 6.54 Å². The molecule has 0 unspecified atom stereocenters. The van der Waals surface area contributed by atoms with Crippen molar-refractivity contribution in [1.29, 1.82) is 0 Å². The van der Waals surface area contributed by atoms with Gasteiger partial charge in [-0.1, -0.05) is 11.6 Å². The van der Waals surface area contributed by atoms with Crippen molar-refractivity contribution in [3.63, 3.8) is 0 Å². The lowest BCUT2D eigenvalue weighted by Gasteiger charge is -2.13. The number of nitrogens with zero attached hydrogens (tertiary/aromatic N) is 1. The van der Waals surface area contributed by atoms with Gasteiger partial charge in [-0.2, -0.15) is 0 Å². The highest BCUT2D eigenvalue weighted by Gasteiger charge is 2.14. The summed E-state index contributed by atoms with van der Waals surface area (Å²) in [7, 11) is 0. The summed E-state index contributed by atoms with van der Waals surface area (Å²) in [6, 6.07) is 3.46. The highest BCUT2D eigenvalue weighted by Crippen LogP contribution is 2.23. The van der Waals surface area contributed by atoms with E-state index in [0.29, 0.717) is 17.3 Å². The van der Waals surface area contributed by atoms with Gasteiger partial charge < -0.3 is 10.4 Å². The molecule has 16 heavy (non-hydrogen) atoms. The molecule has 1 aliphatic heterocycles. The van der Waals surface area contributed by atoms with Gasteiger partial charge in [0.2, 0.25) is 0 Å². The summed E-state index contributed by atoms with van der Waals surface area (Å²) in [5.74, 6) is -0.975. The molecule has 1 aromatic rings. The molecular formula is C11H9ClN2O2. The van der Waals surface area contributed by atoms with Crippen molar-refractivity contribution < 1.29 is 9.90 Å². The second-order valence-electron chi connectivity index (χ2n) is 3.29. The Bertz CT molecular complexity index is 495. The maximum Gasteiger partial charge on any atom is 0.337 e. The minimum atomic E-state index is -0.975. The van der Waals surface area contributed by atoms with Crippen LogP contribution in [0.15, 0.2) is 36.2 Å². The summed E-state index contributed by atoms with van der Waals surface area (Å²) in [5.41, 5.74) is 1.58. The molecule has 0 fully saturated rings. The number of aromatic nitrogens is 1. The second kappa shape index (κ2) is 4.37. The number of pyridine rings is 1. The molecule has 1 aliphatic rings. The van der Waals surface area contributed by atoms with Crippen LogP contribution in [0.2, 0.25) is 5.02 Å². The Morgan fingerprint density at radius 1 is 1.56 bits per heavy atom. The van der Waals surface area contributed by atoms with Crippen LogP contribution in [0.3, 0.4) is 0 Å². The summed E-state index contributed by atoms with van der Waals surface area (Å²) in [6.07, 6.45) is 4.66. The van der Waals surface area contributed by atoms with Crippen molar-refractivity contribution in [2.24, 2.45) is 0 Å². The van der Waals surface area contributed by atoms with E-state index in [1.807, 2.05) is 0 Å². The van der Waals surface area contributed by atoms with Crippen molar-refractivity contribution in [3.8, 4) is 0 Å². The van der Waals surface area contributed by atoms with E-state index in [9.17, 15) is 4.79 Å². The van der Waals surface area contributed by atoms with E-state index in [1.54, 1.807) is 24.4 Å². The number of halogens is 1. The molecule has 0 radical (unpaired) electrons. The maximum absolute atomic E-state index is 10.8. The minimum absolute atomic E-state index is 0.197. The molecule has 2 rings (SSSR count). The van der Waals surface area contributed by atoms with Crippen LogP contribution in [0.4, 0.5) is 0 Å². The van der Waals surface area contributed by atoms with Crippen LogP contribution in [0, 0.1) is 0 Å². The average molecular weight is 237 g/mol. The fraction of sp³-hybridized carbons (Fsp3) is 0.0909. The highest BCUT2D eigenvalue weighted by molar-refractivity contribution is 6.32. The van der Waals surface area contributed by atoms with Crippen LogP contribution in [-0.2, 0) is 4.79 Å². The first-order valence-electron chi connectivity index (χ1n) is 4.67. The standard InChI is InChI=1S/C11H9ClN2O2/c12-9-2-1-3-14-10(9)7-4-8(11(15)16)6-13-5-7/h1-4,6,13H,5H2,(H,15,16). The topological polar surface area (TPSA) is 62.2 Å². The Morgan fingerprint density at radius 3 is 3.06 bits per heavy atom. The molecule has 4 nitrogen and oxygen atoms in total. The fourth-order valence-corrected chi connectivity index (χ4v) is 1.69. The van der Waals surface area contributed by atoms with Crippen molar-refractivity contribution >= 4 is 23.1 Å². The average Bonchev–Trinajstić information content (AvgIpc) is 2.30. The largest absolute Gasteiger partial charge is 0.478 e. The smallest absolute Gasteiger partial charge is 0.337 e. The molecule has 0 spiro atoms. The summed E-state index contributed by atoms with van der Waals surface area (Å²) in [6.45, 7) is 0.521. The molecule has 0 saturated heterocycles. The molecule has 2 heterocycles. The number of carboxylic acid groups (broad SMARTS) is 1. The van der Waals surface area contributed by atoms with Gasteiger partial charge in [-0.3, -0.25) is 4.98 Å². The van der Waals surface area contributed by atoms with E-state index in [2.05, 4.69) is 10.3 Å². The summed E-state index contributed by atoms with van der Waals surface area (Å²) in [4.78, 5) is 14.9. The molecule has 0 atom stereocenters. The zero-order valence-corrected chi connectivity index (χ0v) is 9.03. The normalized spacial score (nSPS) is 14.8. The quantitative estimate of drug-likeness (QED) is 0.820. The van der Waals surface area contributed by atoms with Gasteiger partial charge in [0, 0.05) is 18.9 Å². The van der Waals surface area contributed by atoms with E-state index < -0.39 is 5.97 Å². The zero-order chi connectivity index (χ0) is 11.5. The zero-order valence-electron chi connectivity index (χ0n) is 8.27. The van der Waals surface area contributed by atoms with Gasteiger partial charge in [-0.25, -0.2) is 4.79 Å². The maximum atomic E-state index is 10.8. The summed E-state index contributed by atoms with van der Waals surface area (Å²) >= 11 is 5.99. The molecular weight excluding hydrogens is 228 g/mol. The number of aliphatic carboxylic acids is 1. The molecule has 0 aliphatic carbocycles. The van der Waals surface area contributed by atoms with E-state index >= 15 is 0 Å². The van der Waals surface area contributed by atoms with Crippen LogP contribution < -0.4 is 5.32 Å². The van der Waals surface area contributed by atoms with Crippen LogP contribution in [0.25, 0.3) is 5.57 Å². The highest BCUT2D eigenvalue weighted by atomic mass is 35.5. The third kappa shape index (κ3) is 2.06. The number of hydrogen-bond donors (Lipinski definition) is 2. The van der Waals surface area contributed by atoms with E-state index in [4.69, 9.17) is 16.7 Å². The second-order valence-corrected chi connectivity index (χ2v) is 3.70. The molecule has 1 aromatic heterocycles. The number of hydrogen-bond acceptors (Lipinski definition) is 3. The first-order valence-corrected chi connectivity index (χ1v) is 5.04.